The summed E-state index contributed by atoms with van der Waals surface area (Å²) < 4.78 is 41.8. The van der Waals surface area contributed by atoms with E-state index in [0.717, 1.165) is 12.1 Å². The number of aromatic nitrogens is 3. The van der Waals surface area contributed by atoms with Crippen molar-refractivity contribution in [1.29, 1.82) is 0 Å². The maximum atomic E-state index is 12.5. The van der Waals surface area contributed by atoms with Crippen LogP contribution < -0.4 is 5.32 Å². The minimum Gasteiger partial charge on any atom is -0.492 e. The van der Waals surface area contributed by atoms with Crippen molar-refractivity contribution in [3.8, 4) is 5.88 Å². The van der Waals surface area contributed by atoms with E-state index in [4.69, 9.17) is 0 Å². The van der Waals surface area contributed by atoms with Gasteiger partial charge in [0.1, 0.15) is 5.69 Å². The third-order valence-electron chi connectivity index (χ3n) is 2.72. The molecule has 6 nitrogen and oxygen atoms in total. The van der Waals surface area contributed by atoms with Crippen molar-refractivity contribution >= 4 is 22.5 Å². The van der Waals surface area contributed by atoms with Gasteiger partial charge in [0.15, 0.2) is 5.52 Å². The summed E-state index contributed by atoms with van der Waals surface area (Å²) in [5.41, 5.74) is 0.216. The molecule has 0 fully saturated rings. The summed E-state index contributed by atoms with van der Waals surface area (Å²) in [6.07, 6.45) is -4.40. The van der Waals surface area contributed by atoms with Crippen LogP contribution >= 0.6 is 0 Å². The Kier molecular flexibility index (Phi) is 2.89. The molecule has 1 aromatic carbocycles. The van der Waals surface area contributed by atoms with Crippen LogP contribution in [0.3, 0.4) is 0 Å². The van der Waals surface area contributed by atoms with Crippen LogP contribution in [0, 0.1) is 0 Å². The molecule has 0 saturated carbocycles. The van der Waals surface area contributed by atoms with Gasteiger partial charge in [-0.15, -0.1) is 0 Å². The Morgan fingerprint density at radius 1 is 1.10 bits per heavy atom. The lowest BCUT2D eigenvalue weighted by Gasteiger charge is -2.10. The summed E-state index contributed by atoms with van der Waals surface area (Å²) in [4.78, 5) is 3.73. The molecular formula is C12H7F3N4O2. The van der Waals surface area contributed by atoms with Gasteiger partial charge in [-0.2, -0.15) is 18.2 Å². The largest absolute Gasteiger partial charge is 0.492 e. The quantitative estimate of drug-likeness (QED) is 0.756. The lowest BCUT2D eigenvalue weighted by atomic mass is 10.2. The van der Waals surface area contributed by atoms with Crippen LogP contribution in [-0.2, 0) is 6.18 Å². The number of hydrogen-bond acceptors (Lipinski definition) is 6. The minimum atomic E-state index is -4.40. The maximum Gasteiger partial charge on any atom is 0.416 e. The van der Waals surface area contributed by atoms with Crippen molar-refractivity contribution < 1.29 is 22.9 Å². The van der Waals surface area contributed by atoms with Gasteiger partial charge >= 0.3 is 6.18 Å². The van der Waals surface area contributed by atoms with E-state index in [1.54, 1.807) is 0 Å². The lowest BCUT2D eigenvalue weighted by molar-refractivity contribution is -0.137. The first kappa shape index (κ1) is 13.2. The fraction of sp³-hybridized carbons (Fsp3) is 0.0833. The van der Waals surface area contributed by atoms with Gasteiger partial charge in [-0.25, -0.2) is 4.63 Å². The Balaban J connectivity index is 1.89. The number of rotatable bonds is 2. The Labute approximate surface area is 115 Å². The first-order chi connectivity index (χ1) is 9.93. The molecule has 9 heteroatoms. The molecule has 3 rings (SSSR count). The molecule has 2 aromatic heterocycles. The topological polar surface area (TPSA) is 84.1 Å². The number of anilines is 2. The Bertz CT molecular complexity index is 783. The van der Waals surface area contributed by atoms with E-state index in [0.29, 0.717) is 11.2 Å². The van der Waals surface area contributed by atoms with Crippen LogP contribution in [0.5, 0.6) is 5.88 Å². The first-order valence-corrected chi connectivity index (χ1v) is 5.70. The molecule has 0 bridgehead atoms. The van der Waals surface area contributed by atoms with Gasteiger partial charge < -0.3 is 10.4 Å². The Hall–Kier alpha value is -2.84. The van der Waals surface area contributed by atoms with Crippen molar-refractivity contribution in [2.24, 2.45) is 0 Å². The zero-order chi connectivity index (χ0) is 15.0. The zero-order valence-electron chi connectivity index (χ0n) is 10.2. The number of hydrogen-bond donors (Lipinski definition) is 2. The van der Waals surface area contributed by atoms with Gasteiger partial charge in [0, 0.05) is 11.8 Å². The fourth-order valence-corrected chi connectivity index (χ4v) is 1.71. The maximum absolute atomic E-state index is 12.5. The molecule has 0 aliphatic heterocycles. The molecular weight excluding hydrogens is 289 g/mol. The highest BCUT2D eigenvalue weighted by molar-refractivity contribution is 5.78. The van der Waals surface area contributed by atoms with E-state index >= 15 is 0 Å². The van der Waals surface area contributed by atoms with Crippen LogP contribution in [0.4, 0.5) is 24.5 Å². The van der Waals surface area contributed by atoms with E-state index in [-0.39, 0.29) is 17.2 Å². The number of nitrogens with one attached hydrogen (secondary N) is 1. The van der Waals surface area contributed by atoms with E-state index < -0.39 is 11.7 Å². The highest BCUT2D eigenvalue weighted by Crippen LogP contribution is 2.31. The van der Waals surface area contributed by atoms with Gasteiger partial charge in [0.2, 0.25) is 11.5 Å². The molecule has 0 atom stereocenters. The fourth-order valence-electron chi connectivity index (χ4n) is 1.71. The summed E-state index contributed by atoms with van der Waals surface area (Å²) in [5, 5.41) is 19.5. The van der Waals surface area contributed by atoms with Crippen molar-refractivity contribution in [3.05, 3.63) is 35.9 Å². The molecule has 0 unspecified atom stereocenters. The smallest absolute Gasteiger partial charge is 0.416 e. The predicted octanol–water partition coefficient (Wildman–Crippen LogP) is 3.09. The molecule has 0 saturated heterocycles. The second kappa shape index (κ2) is 4.62. The number of aromatic hydroxyl groups is 1. The van der Waals surface area contributed by atoms with E-state index in [9.17, 15) is 18.3 Å². The van der Waals surface area contributed by atoms with E-state index in [2.05, 4.69) is 25.2 Å². The predicted molar refractivity (Wildman–Crippen MR) is 66.0 cm³/mol. The van der Waals surface area contributed by atoms with Gasteiger partial charge in [-0.05, 0) is 34.6 Å². The number of alkyl halides is 3. The second-order valence-corrected chi connectivity index (χ2v) is 4.17. The average molecular weight is 296 g/mol. The van der Waals surface area contributed by atoms with Crippen LogP contribution in [0.15, 0.2) is 35.0 Å². The van der Waals surface area contributed by atoms with Crippen molar-refractivity contribution in [2.45, 2.75) is 6.18 Å². The average Bonchev–Trinajstić information content (AvgIpc) is 2.86. The molecule has 0 aliphatic carbocycles. The number of pyridine rings is 1. The number of nitrogens with zero attached hydrogens (tertiary/aromatic N) is 3. The number of fused-ring (bicyclic) bond motifs is 1. The lowest BCUT2D eigenvalue weighted by Crippen LogP contribution is -2.04. The van der Waals surface area contributed by atoms with Crippen LogP contribution in [0.25, 0.3) is 11.2 Å². The van der Waals surface area contributed by atoms with Gasteiger partial charge in [-0.1, -0.05) is 0 Å². The second-order valence-electron chi connectivity index (χ2n) is 4.17. The molecule has 2 N–H and O–H groups in total. The summed E-state index contributed by atoms with van der Waals surface area (Å²) in [5.74, 6) is -0.363. The van der Waals surface area contributed by atoms with E-state index in [1.807, 2.05) is 0 Å². The van der Waals surface area contributed by atoms with Gasteiger partial charge in [-0.3, -0.25) is 0 Å². The molecule has 108 valence electrons. The molecule has 2 heterocycles. The molecule has 0 amide bonds. The number of halogens is 3. The molecule has 0 spiro atoms. The highest BCUT2D eigenvalue weighted by Gasteiger charge is 2.29. The molecule has 3 aromatic rings. The SMILES string of the molecule is Oc1nc2nonc2cc1Nc1ccc(C(F)(F)F)cc1. The minimum absolute atomic E-state index is 0.130. The van der Waals surface area contributed by atoms with Crippen molar-refractivity contribution in [3.63, 3.8) is 0 Å². The molecule has 0 aliphatic rings. The number of benzene rings is 1. The highest BCUT2D eigenvalue weighted by atomic mass is 19.4. The summed E-state index contributed by atoms with van der Waals surface area (Å²) in [7, 11) is 0. The van der Waals surface area contributed by atoms with Crippen molar-refractivity contribution in [1.82, 2.24) is 15.3 Å². The summed E-state index contributed by atoms with van der Waals surface area (Å²) in [6.45, 7) is 0. The van der Waals surface area contributed by atoms with E-state index in [1.165, 1.54) is 18.2 Å². The van der Waals surface area contributed by atoms with Crippen molar-refractivity contribution in [2.75, 3.05) is 5.32 Å². The Morgan fingerprint density at radius 2 is 1.81 bits per heavy atom. The van der Waals surface area contributed by atoms with Crippen LogP contribution in [0.2, 0.25) is 0 Å². The van der Waals surface area contributed by atoms with Crippen LogP contribution in [-0.4, -0.2) is 20.4 Å². The van der Waals surface area contributed by atoms with Gasteiger partial charge in [0.25, 0.3) is 0 Å². The first-order valence-electron chi connectivity index (χ1n) is 5.70. The monoisotopic (exact) mass is 296 g/mol. The summed E-state index contributed by atoms with van der Waals surface area (Å²) >= 11 is 0. The molecule has 21 heavy (non-hydrogen) atoms. The van der Waals surface area contributed by atoms with Crippen LogP contribution in [0.1, 0.15) is 5.56 Å². The summed E-state index contributed by atoms with van der Waals surface area (Å²) in [6, 6.07) is 5.78. The standard InChI is InChI=1S/C12H7F3N4O2/c13-12(14,15)6-1-3-7(4-2-6)16-9-5-8-10(17-11(9)20)19-21-18-8/h1-5,16H,(H,17,19,20). The zero-order valence-corrected chi connectivity index (χ0v) is 10.2. The third kappa shape index (κ3) is 2.57. The normalized spacial score (nSPS) is 11.8. The Morgan fingerprint density at radius 3 is 2.48 bits per heavy atom. The molecule has 0 radical (unpaired) electrons. The third-order valence-corrected chi connectivity index (χ3v) is 2.72. The van der Waals surface area contributed by atoms with Gasteiger partial charge in [0.05, 0.1) is 5.56 Å².